The van der Waals surface area contributed by atoms with Crippen LogP contribution in [0.5, 0.6) is 0 Å². The minimum atomic E-state index is -0.980. The lowest BCUT2D eigenvalue weighted by molar-refractivity contribution is 0.0696. The monoisotopic (exact) mass is 280 g/mol. The van der Waals surface area contributed by atoms with Crippen LogP contribution in [0.1, 0.15) is 15.9 Å². The Morgan fingerprint density at radius 2 is 2.06 bits per heavy atom. The third-order valence-corrected chi connectivity index (χ3v) is 2.72. The summed E-state index contributed by atoms with van der Waals surface area (Å²) < 4.78 is 1.96. The van der Waals surface area contributed by atoms with Gasteiger partial charge in [-0.2, -0.15) is 5.10 Å². The summed E-state index contributed by atoms with van der Waals surface area (Å²) in [6.45, 7) is 0.562. The van der Waals surface area contributed by atoms with Gasteiger partial charge in [0.05, 0.1) is 6.54 Å². The van der Waals surface area contributed by atoms with Crippen LogP contribution >= 0.6 is 15.9 Å². The van der Waals surface area contributed by atoms with Crippen LogP contribution in [0.3, 0.4) is 0 Å². The molecule has 0 aliphatic carbocycles. The lowest BCUT2D eigenvalue weighted by Crippen LogP contribution is -2.00. The molecule has 0 unspecified atom stereocenters. The fourth-order valence-electron chi connectivity index (χ4n) is 1.39. The van der Waals surface area contributed by atoms with Gasteiger partial charge in [-0.05, 0) is 21.5 Å². The number of carboxylic acids is 1. The van der Waals surface area contributed by atoms with Gasteiger partial charge < -0.3 is 5.11 Å². The van der Waals surface area contributed by atoms with Crippen LogP contribution in [0.15, 0.2) is 41.1 Å². The van der Waals surface area contributed by atoms with E-state index in [4.69, 9.17) is 5.11 Å². The largest absolute Gasteiger partial charge is 0.478 e. The molecule has 0 saturated carbocycles. The number of aromatic carboxylic acids is 1. The molecule has 0 radical (unpaired) electrons. The molecule has 5 heteroatoms. The molecule has 1 N–H and O–H groups in total. The zero-order valence-electron chi connectivity index (χ0n) is 8.30. The van der Waals surface area contributed by atoms with E-state index in [0.717, 1.165) is 5.56 Å². The number of rotatable bonds is 3. The first-order valence-electron chi connectivity index (χ1n) is 4.67. The van der Waals surface area contributed by atoms with Gasteiger partial charge in [0, 0.05) is 6.20 Å². The lowest BCUT2D eigenvalue weighted by Gasteiger charge is -2.00. The fraction of sp³-hybridized carbons (Fsp3) is 0.0909. The van der Waals surface area contributed by atoms with Gasteiger partial charge in [0.25, 0.3) is 0 Å². The normalized spacial score (nSPS) is 10.3. The van der Waals surface area contributed by atoms with Crippen LogP contribution < -0.4 is 0 Å². The van der Waals surface area contributed by atoms with E-state index in [1.165, 1.54) is 6.20 Å². The average Bonchev–Trinajstić information content (AvgIpc) is 2.61. The third-order valence-electron chi connectivity index (χ3n) is 2.13. The Bertz CT molecular complexity index is 508. The summed E-state index contributed by atoms with van der Waals surface area (Å²) in [5.74, 6) is -0.980. The van der Waals surface area contributed by atoms with E-state index in [9.17, 15) is 4.79 Å². The van der Waals surface area contributed by atoms with Gasteiger partial charge in [-0.15, -0.1) is 0 Å². The first-order valence-corrected chi connectivity index (χ1v) is 5.46. The quantitative estimate of drug-likeness (QED) is 0.939. The molecule has 82 valence electrons. The first-order chi connectivity index (χ1) is 7.66. The van der Waals surface area contributed by atoms with E-state index in [1.54, 1.807) is 4.68 Å². The van der Waals surface area contributed by atoms with E-state index in [2.05, 4.69) is 21.0 Å². The van der Waals surface area contributed by atoms with Crippen molar-refractivity contribution in [3.05, 3.63) is 52.3 Å². The van der Waals surface area contributed by atoms with Crippen molar-refractivity contribution in [3.63, 3.8) is 0 Å². The Kier molecular flexibility index (Phi) is 3.05. The molecule has 0 aliphatic heterocycles. The molecular weight excluding hydrogens is 272 g/mol. The zero-order valence-corrected chi connectivity index (χ0v) is 9.89. The Morgan fingerprint density at radius 3 is 2.62 bits per heavy atom. The number of hydrogen-bond donors (Lipinski definition) is 1. The molecule has 0 aliphatic rings. The summed E-state index contributed by atoms with van der Waals surface area (Å²) in [6.07, 6.45) is 1.51. The van der Waals surface area contributed by atoms with Gasteiger partial charge in [-0.1, -0.05) is 30.3 Å². The van der Waals surface area contributed by atoms with Gasteiger partial charge in [-0.3, -0.25) is 4.68 Å². The Morgan fingerprint density at radius 1 is 1.38 bits per heavy atom. The molecule has 0 fully saturated rings. The topological polar surface area (TPSA) is 55.1 Å². The molecule has 1 aromatic heterocycles. The number of halogens is 1. The van der Waals surface area contributed by atoms with Crippen molar-refractivity contribution in [3.8, 4) is 0 Å². The van der Waals surface area contributed by atoms with E-state index in [0.29, 0.717) is 11.1 Å². The van der Waals surface area contributed by atoms with Crippen LogP contribution in [-0.2, 0) is 6.54 Å². The number of carbonyl (C=O) groups is 1. The summed E-state index contributed by atoms with van der Waals surface area (Å²) >= 11 is 3.12. The van der Waals surface area contributed by atoms with Crippen molar-refractivity contribution < 1.29 is 9.90 Å². The number of hydrogen-bond acceptors (Lipinski definition) is 2. The fourth-order valence-corrected chi connectivity index (χ4v) is 1.87. The minimum Gasteiger partial charge on any atom is -0.478 e. The van der Waals surface area contributed by atoms with E-state index in [1.807, 2.05) is 30.3 Å². The van der Waals surface area contributed by atoms with Crippen molar-refractivity contribution in [2.24, 2.45) is 0 Å². The summed E-state index contributed by atoms with van der Waals surface area (Å²) in [5, 5.41) is 12.9. The van der Waals surface area contributed by atoms with E-state index in [-0.39, 0.29) is 5.56 Å². The smallest absolute Gasteiger partial charge is 0.340 e. The third kappa shape index (κ3) is 2.30. The lowest BCUT2D eigenvalue weighted by atomic mass is 10.2. The molecule has 0 amide bonds. The van der Waals surface area contributed by atoms with Crippen LogP contribution in [0.25, 0.3) is 0 Å². The zero-order chi connectivity index (χ0) is 11.5. The van der Waals surface area contributed by atoms with Crippen molar-refractivity contribution in [2.75, 3.05) is 0 Å². The molecular formula is C11H9BrN2O2. The van der Waals surface area contributed by atoms with E-state index >= 15 is 0 Å². The summed E-state index contributed by atoms with van der Waals surface area (Å²) in [7, 11) is 0. The Balaban J connectivity index is 2.23. The number of carboxylic acid groups (broad SMARTS) is 1. The molecule has 2 rings (SSSR count). The average molecular weight is 281 g/mol. The number of benzene rings is 1. The van der Waals surface area contributed by atoms with Gasteiger partial charge in [-0.25, -0.2) is 4.79 Å². The second-order valence-electron chi connectivity index (χ2n) is 3.32. The summed E-state index contributed by atoms with van der Waals surface area (Å²) in [5.41, 5.74) is 1.25. The van der Waals surface area contributed by atoms with Crippen LogP contribution in [0, 0.1) is 0 Å². The van der Waals surface area contributed by atoms with Crippen LogP contribution in [0.4, 0.5) is 0 Å². The maximum Gasteiger partial charge on any atom is 0.340 e. The number of nitrogens with zero attached hydrogens (tertiary/aromatic N) is 2. The van der Waals surface area contributed by atoms with Gasteiger partial charge in [0.15, 0.2) is 0 Å². The maximum absolute atomic E-state index is 10.8. The molecule has 4 nitrogen and oxygen atoms in total. The standard InChI is InChI=1S/C11H9BrN2O2/c12-10-9(11(15)16)7-14(13-10)6-8-4-2-1-3-5-8/h1-5,7H,6H2,(H,15,16). The molecule has 2 aromatic rings. The van der Waals surface area contributed by atoms with E-state index < -0.39 is 5.97 Å². The second kappa shape index (κ2) is 4.49. The Labute approximate surface area is 101 Å². The molecule has 0 bridgehead atoms. The summed E-state index contributed by atoms with van der Waals surface area (Å²) in [6, 6.07) is 9.75. The van der Waals surface area contributed by atoms with Gasteiger partial charge in [0.1, 0.15) is 10.2 Å². The predicted octanol–water partition coefficient (Wildman–Crippen LogP) is 2.39. The maximum atomic E-state index is 10.8. The SMILES string of the molecule is O=C(O)c1cn(Cc2ccccc2)nc1Br. The highest BCUT2D eigenvalue weighted by molar-refractivity contribution is 9.10. The van der Waals surface area contributed by atoms with Crippen molar-refractivity contribution in [2.45, 2.75) is 6.54 Å². The summed E-state index contributed by atoms with van der Waals surface area (Å²) in [4.78, 5) is 10.8. The highest BCUT2D eigenvalue weighted by Crippen LogP contribution is 2.14. The molecule has 0 atom stereocenters. The predicted molar refractivity (Wildman–Crippen MR) is 62.4 cm³/mol. The molecule has 1 aromatic carbocycles. The highest BCUT2D eigenvalue weighted by atomic mass is 79.9. The highest BCUT2D eigenvalue weighted by Gasteiger charge is 2.12. The van der Waals surface area contributed by atoms with Crippen molar-refractivity contribution in [1.29, 1.82) is 0 Å². The number of aromatic nitrogens is 2. The molecule has 1 heterocycles. The Hall–Kier alpha value is -1.62. The van der Waals surface area contributed by atoms with Gasteiger partial charge in [0.2, 0.25) is 0 Å². The van der Waals surface area contributed by atoms with Crippen molar-refractivity contribution >= 4 is 21.9 Å². The first kappa shape index (κ1) is 10.9. The van der Waals surface area contributed by atoms with Crippen molar-refractivity contribution in [1.82, 2.24) is 9.78 Å². The molecule has 0 saturated heterocycles. The molecule has 0 spiro atoms. The minimum absolute atomic E-state index is 0.177. The second-order valence-corrected chi connectivity index (χ2v) is 4.07. The van der Waals surface area contributed by atoms with Crippen LogP contribution in [-0.4, -0.2) is 20.9 Å². The van der Waals surface area contributed by atoms with Gasteiger partial charge >= 0.3 is 5.97 Å². The van der Waals surface area contributed by atoms with Crippen LogP contribution in [0.2, 0.25) is 0 Å². The molecule has 16 heavy (non-hydrogen) atoms.